The molecule has 0 aromatic carbocycles. The maximum Gasteiger partial charge on any atom is 0.272 e. The number of hydrogen-bond donors (Lipinski definition) is 1. The predicted octanol–water partition coefficient (Wildman–Crippen LogP) is 2.85. The molecule has 0 amide bonds. The van der Waals surface area contributed by atoms with E-state index in [2.05, 4.69) is 4.98 Å². The molecule has 2 heterocycles. The van der Waals surface area contributed by atoms with Gasteiger partial charge in [-0.15, -0.1) is 11.3 Å². The van der Waals surface area contributed by atoms with E-state index in [1.54, 1.807) is 4.57 Å². The molecule has 2 aromatic rings. The molecule has 0 unspecified atom stereocenters. The number of aromatic nitrogens is 2. The van der Waals surface area contributed by atoms with Gasteiger partial charge in [0.2, 0.25) is 0 Å². The number of hydrogen-bond acceptors (Lipinski definition) is 3. The molecule has 0 aliphatic heterocycles. The van der Waals surface area contributed by atoms with Gasteiger partial charge in [-0.2, -0.15) is 0 Å². The molecule has 1 fully saturated rings. The van der Waals surface area contributed by atoms with Gasteiger partial charge in [-0.05, 0) is 42.9 Å². The first-order valence-corrected chi connectivity index (χ1v) is 6.28. The van der Waals surface area contributed by atoms with Crippen LogP contribution in [0.2, 0.25) is 0 Å². The monoisotopic (exact) mass is 238 g/mol. The van der Waals surface area contributed by atoms with Crippen LogP contribution < -0.4 is 5.56 Å². The zero-order valence-corrected chi connectivity index (χ0v) is 9.66. The van der Waals surface area contributed by atoms with Crippen molar-refractivity contribution in [3.63, 3.8) is 0 Å². The second-order valence-corrected chi connectivity index (χ2v) is 5.16. The quantitative estimate of drug-likeness (QED) is 0.776. The average molecular weight is 238 g/mol. The van der Waals surface area contributed by atoms with E-state index in [-0.39, 0.29) is 5.56 Å². The van der Waals surface area contributed by atoms with Crippen LogP contribution in [0.15, 0.2) is 16.2 Å². The molecule has 3 rings (SSSR count). The average Bonchev–Trinajstić information content (AvgIpc) is 2.56. The highest BCUT2D eigenvalue weighted by Crippen LogP contribution is 2.30. The van der Waals surface area contributed by atoms with Gasteiger partial charge < -0.3 is 4.98 Å². The summed E-state index contributed by atoms with van der Waals surface area (Å²) in [6.45, 7) is 0. The fourth-order valence-electron chi connectivity index (χ4n) is 1.93. The standard InChI is InChI=1S/C10H10N2OS2/c13-9-8-7(4-5-15-8)11-10(14)12(9)6-2-1-3-6/h4-6H,1-3H2,(H,11,14). The van der Waals surface area contributed by atoms with Crippen LogP contribution in [0.5, 0.6) is 0 Å². The Labute approximate surface area is 95.4 Å². The van der Waals surface area contributed by atoms with Crippen LogP contribution in [0, 0.1) is 4.77 Å². The van der Waals surface area contributed by atoms with Crippen molar-refractivity contribution >= 4 is 33.8 Å². The molecule has 1 saturated carbocycles. The van der Waals surface area contributed by atoms with Gasteiger partial charge in [0.1, 0.15) is 4.70 Å². The van der Waals surface area contributed by atoms with Gasteiger partial charge in [0.25, 0.3) is 5.56 Å². The lowest BCUT2D eigenvalue weighted by Gasteiger charge is -2.27. The molecule has 5 heteroatoms. The van der Waals surface area contributed by atoms with Crippen LogP contribution in [-0.2, 0) is 0 Å². The SMILES string of the molecule is O=c1c2sccc2[nH]c(=S)n1C1CCC1. The second-order valence-electron chi connectivity index (χ2n) is 3.85. The summed E-state index contributed by atoms with van der Waals surface area (Å²) in [7, 11) is 0. The summed E-state index contributed by atoms with van der Waals surface area (Å²) in [5.74, 6) is 0. The number of H-pyrrole nitrogens is 1. The Balaban J connectivity index is 2.36. The normalized spacial score (nSPS) is 16.8. The molecule has 2 aromatic heterocycles. The molecule has 0 bridgehead atoms. The Morgan fingerprint density at radius 1 is 1.53 bits per heavy atom. The predicted molar refractivity (Wildman–Crippen MR) is 64.2 cm³/mol. The molecule has 0 atom stereocenters. The lowest BCUT2D eigenvalue weighted by atomic mass is 9.93. The molecule has 15 heavy (non-hydrogen) atoms. The summed E-state index contributed by atoms with van der Waals surface area (Å²) < 4.78 is 3.10. The molecular formula is C10H10N2OS2. The number of aromatic amines is 1. The Bertz CT molecular complexity index is 618. The number of thiophene rings is 1. The number of fused-ring (bicyclic) bond motifs is 1. The number of nitrogens with zero attached hydrogens (tertiary/aromatic N) is 1. The molecule has 1 N–H and O–H groups in total. The van der Waals surface area contributed by atoms with E-state index in [0.717, 1.165) is 23.1 Å². The summed E-state index contributed by atoms with van der Waals surface area (Å²) in [4.78, 5) is 15.2. The van der Waals surface area contributed by atoms with Crippen molar-refractivity contribution in [3.8, 4) is 0 Å². The van der Waals surface area contributed by atoms with Gasteiger partial charge in [-0.3, -0.25) is 9.36 Å². The fraction of sp³-hybridized carbons (Fsp3) is 0.400. The van der Waals surface area contributed by atoms with Crippen LogP contribution in [0.3, 0.4) is 0 Å². The lowest BCUT2D eigenvalue weighted by molar-refractivity contribution is 0.302. The molecule has 3 nitrogen and oxygen atoms in total. The topological polar surface area (TPSA) is 37.8 Å². The van der Waals surface area contributed by atoms with Crippen molar-refractivity contribution in [3.05, 3.63) is 26.6 Å². The molecule has 78 valence electrons. The lowest BCUT2D eigenvalue weighted by Crippen LogP contribution is -2.29. The Kier molecular flexibility index (Phi) is 2.03. The minimum Gasteiger partial charge on any atom is -0.331 e. The maximum atomic E-state index is 12.1. The zero-order chi connectivity index (χ0) is 10.4. The van der Waals surface area contributed by atoms with Crippen LogP contribution in [0.25, 0.3) is 10.2 Å². The Morgan fingerprint density at radius 2 is 2.33 bits per heavy atom. The van der Waals surface area contributed by atoms with Crippen molar-refractivity contribution < 1.29 is 0 Å². The van der Waals surface area contributed by atoms with Crippen molar-refractivity contribution in [1.29, 1.82) is 0 Å². The van der Waals surface area contributed by atoms with E-state index in [1.165, 1.54) is 17.8 Å². The summed E-state index contributed by atoms with van der Waals surface area (Å²) in [5, 5.41) is 1.92. The molecule has 0 radical (unpaired) electrons. The van der Waals surface area contributed by atoms with Gasteiger partial charge in [-0.25, -0.2) is 0 Å². The van der Waals surface area contributed by atoms with Crippen molar-refractivity contribution in [2.75, 3.05) is 0 Å². The summed E-state index contributed by atoms with van der Waals surface area (Å²) in [5.41, 5.74) is 0.944. The van der Waals surface area contributed by atoms with Crippen LogP contribution >= 0.6 is 23.6 Å². The van der Waals surface area contributed by atoms with E-state index in [4.69, 9.17) is 12.2 Å². The molecule has 0 saturated heterocycles. The maximum absolute atomic E-state index is 12.1. The van der Waals surface area contributed by atoms with Gasteiger partial charge >= 0.3 is 0 Å². The molecule has 1 aliphatic carbocycles. The van der Waals surface area contributed by atoms with Crippen LogP contribution in [0.4, 0.5) is 0 Å². The second kappa shape index (κ2) is 3.28. The third-order valence-corrected chi connectivity index (χ3v) is 4.18. The minimum atomic E-state index is 0.0773. The van der Waals surface area contributed by atoms with E-state index < -0.39 is 0 Å². The zero-order valence-electron chi connectivity index (χ0n) is 8.03. The van der Waals surface area contributed by atoms with Gasteiger partial charge in [0.15, 0.2) is 4.77 Å². The smallest absolute Gasteiger partial charge is 0.272 e. The van der Waals surface area contributed by atoms with Gasteiger partial charge in [0.05, 0.1) is 5.52 Å². The van der Waals surface area contributed by atoms with E-state index >= 15 is 0 Å². The first kappa shape index (κ1) is 9.30. The van der Waals surface area contributed by atoms with Gasteiger partial charge in [0, 0.05) is 6.04 Å². The van der Waals surface area contributed by atoms with Crippen molar-refractivity contribution in [2.24, 2.45) is 0 Å². The van der Waals surface area contributed by atoms with E-state index in [9.17, 15) is 4.79 Å². The van der Waals surface area contributed by atoms with Crippen LogP contribution in [-0.4, -0.2) is 9.55 Å². The third-order valence-electron chi connectivity index (χ3n) is 2.98. The van der Waals surface area contributed by atoms with Crippen molar-refractivity contribution in [1.82, 2.24) is 9.55 Å². The third kappa shape index (κ3) is 1.30. The highest BCUT2D eigenvalue weighted by molar-refractivity contribution is 7.71. The van der Waals surface area contributed by atoms with Crippen LogP contribution in [0.1, 0.15) is 25.3 Å². The Morgan fingerprint density at radius 3 is 3.00 bits per heavy atom. The van der Waals surface area contributed by atoms with E-state index in [0.29, 0.717) is 10.8 Å². The van der Waals surface area contributed by atoms with E-state index in [1.807, 2.05) is 11.4 Å². The molecule has 0 spiro atoms. The van der Waals surface area contributed by atoms with Crippen molar-refractivity contribution in [2.45, 2.75) is 25.3 Å². The number of nitrogens with one attached hydrogen (secondary N) is 1. The number of rotatable bonds is 1. The van der Waals surface area contributed by atoms with Gasteiger partial charge in [-0.1, -0.05) is 0 Å². The largest absolute Gasteiger partial charge is 0.331 e. The first-order chi connectivity index (χ1) is 7.27. The summed E-state index contributed by atoms with van der Waals surface area (Å²) in [6, 6.07) is 2.23. The fourth-order valence-corrected chi connectivity index (χ4v) is 3.05. The first-order valence-electron chi connectivity index (χ1n) is 4.99. The highest BCUT2D eigenvalue weighted by atomic mass is 32.1. The molecule has 1 aliphatic rings. The highest BCUT2D eigenvalue weighted by Gasteiger charge is 2.22. The Hall–Kier alpha value is -0.940. The summed E-state index contributed by atoms with van der Waals surface area (Å²) >= 11 is 6.70. The minimum absolute atomic E-state index is 0.0773. The summed E-state index contributed by atoms with van der Waals surface area (Å²) in [6.07, 6.45) is 3.36. The molecular weight excluding hydrogens is 228 g/mol.